The van der Waals surface area contributed by atoms with Crippen LogP contribution in [0.5, 0.6) is 0 Å². The molecule has 1 aliphatic carbocycles. The molecule has 1 saturated carbocycles. The molecule has 0 radical (unpaired) electrons. The molecule has 1 aromatic heterocycles. The normalized spacial score (nSPS) is 16.9. The molecular weight excluding hydrogens is 230 g/mol. The number of nitrogens with one attached hydrogen (secondary N) is 2. The summed E-state index contributed by atoms with van der Waals surface area (Å²) < 4.78 is 0. The van der Waals surface area contributed by atoms with Crippen LogP contribution in [-0.2, 0) is 0 Å². The van der Waals surface area contributed by atoms with E-state index in [0.29, 0.717) is 18.4 Å². The molecular formula is C9H14ClN5O. The van der Waals surface area contributed by atoms with Gasteiger partial charge in [-0.2, -0.15) is 15.0 Å². The van der Waals surface area contributed by atoms with E-state index in [2.05, 4.69) is 25.6 Å². The van der Waals surface area contributed by atoms with Crippen LogP contribution in [0.1, 0.15) is 19.8 Å². The quantitative estimate of drug-likeness (QED) is 0.713. The van der Waals surface area contributed by atoms with Crippen molar-refractivity contribution in [1.82, 2.24) is 15.0 Å². The van der Waals surface area contributed by atoms with E-state index in [1.807, 2.05) is 6.92 Å². The highest BCUT2D eigenvalue weighted by Crippen LogP contribution is 2.37. The summed E-state index contributed by atoms with van der Waals surface area (Å²) in [4.78, 5) is 12.1. The summed E-state index contributed by atoms with van der Waals surface area (Å²) in [6, 6.07) is 0. The molecule has 88 valence electrons. The zero-order chi connectivity index (χ0) is 11.6. The maximum absolute atomic E-state index is 9.18. The molecule has 2 rings (SSSR count). The summed E-state index contributed by atoms with van der Waals surface area (Å²) in [5, 5.41) is 15.4. The van der Waals surface area contributed by atoms with Gasteiger partial charge in [0.1, 0.15) is 0 Å². The predicted octanol–water partition coefficient (Wildman–Crippen LogP) is 0.894. The number of nitrogens with zero attached hydrogens (tertiary/aromatic N) is 3. The van der Waals surface area contributed by atoms with Gasteiger partial charge in [0.25, 0.3) is 0 Å². The number of hydrogen-bond acceptors (Lipinski definition) is 6. The molecule has 1 fully saturated rings. The Morgan fingerprint density at radius 1 is 1.31 bits per heavy atom. The summed E-state index contributed by atoms with van der Waals surface area (Å²) in [7, 11) is 0. The Balaban J connectivity index is 2.14. The van der Waals surface area contributed by atoms with Gasteiger partial charge in [-0.05, 0) is 31.4 Å². The van der Waals surface area contributed by atoms with Crippen LogP contribution in [0.2, 0.25) is 5.28 Å². The summed E-state index contributed by atoms with van der Waals surface area (Å²) in [6.07, 6.45) is 1.84. The Morgan fingerprint density at radius 2 is 2.00 bits per heavy atom. The Morgan fingerprint density at radius 3 is 2.56 bits per heavy atom. The molecule has 0 saturated heterocycles. The van der Waals surface area contributed by atoms with Gasteiger partial charge in [-0.1, -0.05) is 0 Å². The Bertz CT molecular complexity index is 382. The van der Waals surface area contributed by atoms with Gasteiger partial charge in [0.15, 0.2) is 0 Å². The molecule has 16 heavy (non-hydrogen) atoms. The second-order valence-electron chi connectivity index (χ2n) is 3.85. The molecule has 0 unspecified atom stereocenters. The first-order valence-corrected chi connectivity index (χ1v) is 5.60. The highest BCUT2D eigenvalue weighted by atomic mass is 35.5. The van der Waals surface area contributed by atoms with Crippen molar-refractivity contribution in [3.63, 3.8) is 0 Å². The summed E-state index contributed by atoms with van der Waals surface area (Å²) >= 11 is 5.77. The van der Waals surface area contributed by atoms with Crippen LogP contribution in [0.15, 0.2) is 0 Å². The summed E-state index contributed by atoms with van der Waals surface area (Å²) in [5.41, 5.74) is -0.256. The van der Waals surface area contributed by atoms with Crippen molar-refractivity contribution in [2.75, 3.05) is 23.8 Å². The highest BCUT2D eigenvalue weighted by Gasteiger charge is 2.42. The molecule has 0 bridgehead atoms. The number of rotatable bonds is 5. The molecule has 7 heteroatoms. The highest BCUT2D eigenvalue weighted by molar-refractivity contribution is 6.28. The van der Waals surface area contributed by atoms with Crippen LogP contribution in [0.25, 0.3) is 0 Å². The van der Waals surface area contributed by atoms with Crippen molar-refractivity contribution in [2.45, 2.75) is 25.3 Å². The monoisotopic (exact) mass is 243 g/mol. The van der Waals surface area contributed by atoms with Gasteiger partial charge < -0.3 is 15.7 Å². The molecule has 6 nitrogen and oxygen atoms in total. The number of aliphatic hydroxyl groups excluding tert-OH is 1. The molecule has 0 aliphatic heterocycles. The second kappa shape index (κ2) is 4.39. The lowest BCUT2D eigenvalue weighted by atomic mass is 10.3. The van der Waals surface area contributed by atoms with Crippen LogP contribution < -0.4 is 10.6 Å². The Hall–Kier alpha value is -1.14. The molecule has 3 N–H and O–H groups in total. The van der Waals surface area contributed by atoms with E-state index in [-0.39, 0.29) is 17.4 Å². The maximum Gasteiger partial charge on any atom is 0.229 e. The lowest BCUT2D eigenvalue weighted by molar-refractivity contribution is 0.265. The lowest BCUT2D eigenvalue weighted by Gasteiger charge is -2.14. The number of aromatic nitrogens is 3. The van der Waals surface area contributed by atoms with E-state index < -0.39 is 0 Å². The van der Waals surface area contributed by atoms with Crippen molar-refractivity contribution in [1.29, 1.82) is 0 Å². The lowest BCUT2D eigenvalue weighted by Crippen LogP contribution is -2.27. The Labute approximate surface area is 98.5 Å². The minimum Gasteiger partial charge on any atom is -0.394 e. The topological polar surface area (TPSA) is 83.0 Å². The molecule has 0 amide bonds. The van der Waals surface area contributed by atoms with E-state index >= 15 is 0 Å². The van der Waals surface area contributed by atoms with E-state index in [0.717, 1.165) is 12.8 Å². The maximum atomic E-state index is 9.18. The van der Waals surface area contributed by atoms with Crippen LogP contribution in [0.3, 0.4) is 0 Å². The van der Waals surface area contributed by atoms with E-state index in [1.165, 1.54) is 0 Å². The van der Waals surface area contributed by atoms with Crippen LogP contribution in [-0.4, -0.2) is 38.7 Å². The van der Waals surface area contributed by atoms with E-state index in [1.54, 1.807) is 0 Å². The molecule has 1 heterocycles. The first kappa shape index (κ1) is 11.3. The standard InChI is InChI=1S/C9H14ClN5O/c1-2-11-7-12-6(10)13-8(14-7)15-9(5-16)3-4-9/h16H,2-5H2,1H3,(H2,11,12,13,14,15). The zero-order valence-corrected chi connectivity index (χ0v) is 9.75. The third kappa shape index (κ3) is 2.51. The van der Waals surface area contributed by atoms with Gasteiger partial charge in [-0.25, -0.2) is 0 Å². The van der Waals surface area contributed by atoms with Gasteiger partial charge in [-0.15, -0.1) is 0 Å². The number of halogens is 1. The van der Waals surface area contributed by atoms with Crippen LogP contribution in [0.4, 0.5) is 11.9 Å². The first-order valence-electron chi connectivity index (χ1n) is 5.22. The van der Waals surface area contributed by atoms with Crippen molar-refractivity contribution in [3.05, 3.63) is 5.28 Å². The number of hydrogen-bond donors (Lipinski definition) is 3. The smallest absolute Gasteiger partial charge is 0.229 e. The van der Waals surface area contributed by atoms with Gasteiger partial charge >= 0.3 is 0 Å². The number of aliphatic hydroxyl groups is 1. The van der Waals surface area contributed by atoms with Crippen LogP contribution >= 0.6 is 11.6 Å². The average molecular weight is 244 g/mol. The second-order valence-corrected chi connectivity index (χ2v) is 4.18. The third-order valence-electron chi connectivity index (χ3n) is 2.48. The van der Waals surface area contributed by atoms with Gasteiger partial charge in [0.2, 0.25) is 17.2 Å². The van der Waals surface area contributed by atoms with E-state index in [4.69, 9.17) is 11.6 Å². The first-order chi connectivity index (χ1) is 7.67. The van der Waals surface area contributed by atoms with Gasteiger partial charge in [0, 0.05) is 6.54 Å². The molecule has 1 aliphatic rings. The minimum atomic E-state index is -0.256. The summed E-state index contributed by atoms with van der Waals surface area (Å²) in [6.45, 7) is 2.73. The van der Waals surface area contributed by atoms with E-state index in [9.17, 15) is 5.11 Å². The molecule has 0 aromatic carbocycles. The summed E-state index contributed by atoms with van der Waals surface area (Å²) in [5.74, 6) is 0.848. The minimum absolute atomic E-state index is 0.0762. The van der Waals surface area contributed by atoms with Crippen molar-refractivity contribution in [2.24, 2.45) is 0 Å². The molecule has 1 aromatic rings. The molecule has 0 spiro atoms. The Kier molecular flexibility index (Phi) is 3.11. The van der Waals surface area contributed by atoms with Crippen molar-refractivity contribution in [3.8, 4) is 0 Å². The average Bonchev–Trinajstić information content (AvgIpc) is 2.98. The van der Waals surface area contributed by atoms with Gasteiger partial charge in [-0.3, -0.25) is 0 Å². The third-order valence-corrected chi connectivity index (χ3v) is 2.65. The van der Waals surface area contributed by atoms with Crippen LogP contribution in [0, 0.1) is 0 Å². The number of anilines is 2. The fourth-order valence-electron chi connectivity index (χ4n) is 1.35. The fourth-order valence-corrected chi connectivity index (χ4v) is 1.51. The van der Waals surface area contributed by atoms with Crippen molar-refractivity contribution >= 4 is 23.5 Å². The largest absolute Gasteiger partial charge is 0.394 e. The molecule has 0 atom stereocenters. The van der Waals surface area contributed by atoms with Crippen molar-refractivity contribution < 1.29 is 5.11 Å². The fraction of sp³-hybridized carbons (Fsp3) is 0.667. The predicted molar refractivity (Wildman–Crippen MR) is 61.7 cm³/mol. The SMILES string of the molecule is CCNc1nc(Cl)nc(NC2(CO)CC2)n1. The van der Waals surface area contributed by atoms with Gasteiger partial charge in [0.05, 0.1) is 12.1 Å². The zero-order valence-electron chi connectivity index (χ0n) is 9.00.